The summed E-state index contributed by atoms with van der Waals surface area (Å²) in [5, 5.41) is 2.78. The van der Waals surface area contributed by atoms with Crippen molar-refractivity contribution in [1.82, 2.24) is 9.55 Å². The summed E-state index contributed by atoms with van der Waals surface area (Å²) < 4.78 is 63.0. The largest absolute Gasteiger partial charge is 0.405 e. The standard InChI is InChI=1S/C17H16F3N3O3S/c1-23-6-5-11-13(8-21-15(11)16(23)24)12-7-10(27(2,25)26)3-4-14(12)22-9-17(18,19)20/h3-8,21-22H,9H2,1-2H3. The van der Waals surface area contributed by atoms with E-state index in [1.165, 1.54) is 35.2 Å². The molecule has 0 amide bonds. The highest BCUT2D eigenvalue weighted by atomic mass is 32.2. The Morgan fingerprint density at radius 2 is 1.89 bits per heavy atom. The fourth-order valence-electron chi connectivity index (χ4n) is 2.76. The first-order valence-corrected chi connectivity index (χ1v) is 9.68. The lowest BCUT2D eigenvalue weighted by Gasteiger charge is -2.15. The van der Waals surface area contributed by atoms with Crippen molar-refractivity contribution >= 4 is 26.4 Å². The molecule has 6 nitrogen and oxygen atoms in total. The molecule has 0 saturated carbocycles. The van der Waals surface area contributed by atoms with E-state index in [-0.39, 0.29) is 27.2 Å². The number of nitrogens with one attached hydrogen (secondary N) is 2. The third-order valence-electron chi connectivity index (χ3n) is 4.11. The zero-order chi connectivity index (χ0) is 20.0. The topological polar surface area (TPSA) is 84.0 Å². The van der Waals surface area contributed by atoms with E-state index in [0.29, 0.717) is 10.9 Å². The number of H-pyrrole nitrogens is 1. The average molecular weight is 399 g/mol. The van der Waals surface area contributed by atoms with Crippen LogP contribution in [0.1, 0.15) is 0 Å². The summed E-state index contributed by atoms with van der Waals surface area (Å²) in [6.07, 6.45) is -0.416. The first kappa shape index (κ1) is 19.0. The first-order valence-electron chi connectivity index (χ1n) is 7.79. The zero-order valence-electron chi connectivity index (χ0n) is 14.4. The molecule has 2 N–H and O–H groups in total. The lowest BCUT2D eigenvalue weighted by atomic mass is 10.0. The number of anilines is 1. The van der Waals surface area contributed by atoms with Gasteiger partial charge in [-0.25, -0.2) is 8.42 Å². The summed E-state index contributed by atoms with van der Waals surface area (Å²) in [7, 11) is -2.00. The quantitative estimate of drug-likeness (QED) is 0.707. The summed E-state index contributed by atoms with van der Waals surface area (Å²) in [6.45, 7) is -1.28. The van der Waals surface area contributed by atoms with E-state index >= 15 is 0 Å². The van der Waals surface area contributed by atoms with E-state index < -0.39 is 22.6 Å². The maximum absolute atomic E-state index is 12.6. The van der Waals surface area contributed by atoms with Crippen LogP contribution in [0.25, 0.3) is 22.0 Å². The number of pyridine rings is 1. The van der Waals surface area contributed by atoms with Crippen molar-refractivity contribution in [3.63, 3.8) is 0 Å². The van der Waals surface area contributed by atoms with Gasteiger partial charge in [0.05, 0.1) is 4.90 Å². The fraction of sp³-hybridized carbons (Fsp3) is 0.235. The lowest BCUT2D eigenvalue weighted by molar-refractivity contribution is -0.115. The predicted molar refractivity (Wildman–Crippen MR) is 96.6 cm³/mol. The number of aromatic nitrogens is 2. The molecule has 2 heterocycles. The van der Waals surface area contributed by atoms with Crippen molar-refractivity contribution in [3.05, 3.63) is 47.0 Å². The Morgan fingerprint density at radius 1 is 1.19 bits per heavy atom. The van der Waals surface area contributed by atoms with Gasteiger partial charge in [0, 0.05) is 47.9 Å². The minimum Gasteiger partial charge on any atom is -0.376 e. The molecule has 0 aliphatic heterocycles. The summed E-state index contributed by atoms with van der Waals surface area (Å²) >= 11 is 0. The van der Waals surface area contributed by atoms with E-state index in [4.69, 9.17) is 0 Å². The van der Waals surface area contributed by atoms with Crippen LogP contribution < -0.4 is 10.9 Å². The van der Waals surface area contributed by atoms with Crippen molar-refractivity contribution in [2.45, 2.75) is 11.1 Å². The van der Waals surface area contributed by atoms with E-state index in [0.717, 1.165) is 6.26 Å². The van der Waals surface area contributed by atoms with Crippen molar-refractivity contribution in [3.8, 4) is 11.1 Å². The molecule has 3 aromatic rings. The van der Waals surface area contributed by atoms with Crippen LogP contribution in [0.5, 0.6) is 0 Å². The molecule has 0 spiro atoms. The van der Waals surface area contributed by atoms with E-state index in [2.05, 4.69) is 10.3 Å². The molecule has 0 fully saturated rings. The van der Waals surface area contributed by atoms with Crippen LogP contribution in [0.2, 0.25) is 0 Å². The number of aryl methyl sites for hydroxylation is 1. The van der Waals surface area contributed by atoms with Gasteiger partial charge in [0.25, 0.3) is 5.56 Å². The fourth-order valence-corrected chi connectivity index (χ4v) is 3.41. The average Bonchev–Trinajstić information content (AvgIpc) is 2.99. The molecule has 0 saturated heterocycles. The number of alkyl halides is 3. The highest BCUT2D eigenvalue weighted by Crippen LogP contribution is 2.35. The number of halogens is 3. The molecule has 1 aromatic carbocycles. The normalized spacial score (nSPS) is 12.5. The Hall–Kier alpha value is -2.75. The Balaban J connectivity index is 2.23. The summed E-state index contributed by atoms with van der Waals surface area (Å²) in [6, 6.07) is 5.47. The molecule has 2 aromatic heterocycles. The Bertz CT molecular complexity index is 1180. The summed E-state index contributed by atoms with van der Waals surface area (Å²) in [5.41, 5.74) is 0.769. The predicted octanol–water partition coefficient (Wildman–Crippen LogP) is 2.91. The molecular weight excluding hydrogens is 383 g/mol. The molecule has 144 valence electrons. The van der Waals surface area contributed by atoms with Gasteiger partial charge >= 0.3 is 6.18 Å². The molecule has 0 radical (unpaired) electrons. The molecule has 0 unspecified atom stereocenters. The van der Waals surface area contributed by atoms with Gasteiger partial charge in [-0.05, 0) is 24.3 Å². The van der Waals surface area contributed by atoms with Crippen LogP contribution in [0.15, 0.2) is 46.3 Å². The number of nitrogens with zero attached hydrogens (tertiary/aromatic N) is 1. The van der Waals surface area contributed by atoms with Gasteiger partial charge in [-0.3, -0.25) is 4.79 Å². The SMILES string of the molecule is Cn1ccc2c(-c3cc(S(C)(=O)=O)ccc3NCC(F)(F)F)c[nH]c2c1=O. The Morgan fingerprint density at radius 3 is 2.52 bits per heavy atom. The summed E-state index contributed by atoms with van der Waals surface area (Å²) in [4.78, 5) is 15.0. The minimum atomic E-state index is -4.44. The maximum Gasteiger partial charge on any atom is 0.405 e. The van der Waals surface area contributed by atoms with Crippen molar-refractivity contribution in [2.75, 3.05) is 18.1 Å². The molecular formula is C17H16F3N3O3S. The number of rotatable bonds is 4. The smallest absolute Gasteiger partial charge is 0.376 e. The molecule has 0 aliphatic carbocycles. The van der Waals surface area contributed by atoms with Gasteiger partial charge in [0.1, 0.15) is 12.1 Å². The second kappa shape index (κ2) is 6.45. The monoisotopic (exact) mass is 399 g/mol. The van der Waals surface area contributed by atoms with Crippen LogP contribution in [-0.4, -0.2) is 36.9 Å². The number of hydrogen-bond acceptors (Lipinski definition) is 4. The van der Waals surface area contributed by atoms with E-state index in [9.17, 15) is 26.4 Å². The molecule has 27 heavy (non-hydrogen) atoms. The highest BCUT2D eigenvalue weighted by molar-refractivity contribution is 7.90. The van der Waals surface area contributed by atoms with Gasteiger partial charge in [-0.2, -0.15) is 13.2 Å². The van der Waals surface area contributed by atoms with E-state index in [1.807, 2.05) is 0 Å². The van der Waals surface area contributed by atoms with Gasteiger partial charge in [0.2, 0.25) is 0 Å². The highest BCUT2D eigenvalue weighted by Gasteiger charge is 2.27. The first-order chi connectivity index (χ1) is 12.5. The molecule has 0 aliphatic rings. The van der Waals surface area contributed by atoms with Crippen LogP contribution >= 0.6 is 0 Å². The van der Waals surface area contributed by atoms with Gasteiger partial charge in [-0.1, -0.05) is 0 Å². The van der Waals surface area contributed by atoms with Gasteiger partial charge in [-0.15, -0.1) is 0 Å². The number of hydrogen-bond donors (Lipinski definition) is 2. The summed E-state index contributed by atoms with van der Waals surface area (Å²) in [5.74, 6) is 0. The van der Waals surface area contributed by atoms with Crippen LogP contribution in [0.3, 0.4) is 0 Å². The Kier molecular flexibility index (Phi) is 4.54. The second-order valence-corrected chi connectivity index (χ2v) is 8.19. The number of sulfone groups is 1. The van der Waals surface area contributed by atoms with Crippen LogP contribution in [0, 0.1) is 0 Å². The van der Waals surface area contributed by atoms with Crippen molar-refractivity contribution < 1.29 is 21.6 Å². The minimum absolute atomic E-state index is 0.0340. The molecule has 3 rings (SSSR count). The van der Waals surface area contributed by atoms with Gasteiger partial charge in [0.15, 0.2) is 9.84 Å². The van der Waals surface area contributed by atoms with Gasteiger partial charge < -0.3 is 14.9 Å². The number of benzene rings is 1. The Labute approximate surface area is 152 Å². The lowest BCUT2D eigenvalue weighted by Crippen LogP contribution is -2.21. The number of aromatic amines is 1. The molecule has 10 heteroatoms. The maximum atomic E-state index is 12.6. The third-order valence-corrected chi connectivity index (χ3v) is 5.22. The number of fused-ring (bicyclic) bond motifs is 1. The second-order valence-electron chi connectivity index (χ2n) is 6.17. The third kappa shape index (κ3) is 3.85. The van der Waals surface area contributed by atoms with E-state index in [1.54, 1.807) is 13.1 Å². The zero-order valence-corrected chi connectivity index (χ0v) is 15.2. The van der Waals surface area contributed by atoms with Crippen molar-refractivity contribution in [1.29, 1.82) is 0 Å². The van der Waals surface area contributed by atoms with Crippen molar-refractivity contribution in [2.24, 2.45) is 7.05 Å². The van der Waals surface area contributed by atoms with Crippen LogP contribution in [-0.2, 0) is 16.9 Å². The molecule has 0 bridgehead atoms. The van der Waals surface area contributed by atoms with Crippen LogP contribution in [0.4, 0.5) is 18.9 Å². The molecule has 0 atom stereocenters.